The third-order valence-corrected chi connectivity index (χ3v) is 6.50. The van der Waals surface area contributed by atoms with E-state index in [2.05, 4.69) is 34.5 Å². The molecule has 2 aliphatic rings. The number of benzene rings is 2. The molecule has 3 aromatic rings. The van der Waals surface area contributed by atoms with Crippen LogP contribution in [0.25, 0.3) is 5.69 Å². The van der Waals surface area contributed by atoms with E-state index in [9.17, 15) is 4.79 Å². The number of likely N-dealkylation sites (tertiary alicyclic amines) is 1. The van der Waals surface area contributed by atoms with Crippen molar-refractivity contribution in [1.29, 1.82) is 0 Å². The maximum Gasteiger partial charge on any atom is 0.276 e. The van der Waals surface area contributed by atoms with Crippen molar-refractivity contribution < 1.29 is 4.79 Å². The molecule has 2 heterocycles. The van der Waals surface area contributed by atoms with Crippen LogP contribution in [0.2, 0.25) is 0 Å². The van der Waals surface area contributed by atoms with Gasteiger partial charge in [-0.2, -0.15) is 5.10 Å². The molecule has 31 heavy (non-hydrogen) atoms. The Hall–Kier alpha value is -2.92. The monoisotopic (exact) mass is 414 g/mol. The van der Waals surface area contributed by atoms with Gasteiger partial charge in [-0.05, 0) is 75.4 Å². The van der Waals surface area contributed by atoms with Gasteiger partial charge >= 0.3 is 0 Å². The molecule has 0 unspecified atom stereocenters. The third kappa shape index (κ3) is 4.28. The summed E-state index contributed by atoms with van der Waals surface area (Å²) in [6.45, 7) is 3.15. The first-order chi connectivity index (χ1) is 15.3. The summed E-state index contributed by atoms with van der Waals surface area (Å²) in [5.41, 5.74) is 5.99. The number of fused-ring (bicyclic) bond motifs is 1. The van der Waals surface area contributed by atoms with Crippen LogP contribution in [0.4, 0.5) is 5.69 Å². The van der Waals surface area contributed by atoms with Gasteiger partial charge in [-0.15, -0.1) is 0 Å². The summed E-state index contributed by atoms with van der Waals surface area (Å²) >= 11 is 0. The smallest absolute Gasteiger partial charge is 0.276 e. The zero-order chi connectivity index (χ0) is 21.0. The van der Waals surface area contributed by atoms with E-state index in [1.54, 1.807) is 0 Å². The Morgan fingerprint density at radius 3 is 2.45 bits per heavy atom. The van der Waals surface area contributed by atoms with Crippen molar-refractivity contribution in [2.45, 2.75) is 51.5 Å². The Kier molecular flexibility index (Phi) is 5.85. The number of amides is 1. The molecule has 0 saturated carbocycles. The molecule has 5 nitrogen and oxygen atoms in total. The van der Waals surface area contributed by atoms with Crippen molar-refractivity contribution in [2.75, 3.05) is 18.4 Å². The lowest BCUT2D eigenvalue weighted by atomic mass is 10.1. The first-order valence-electron chi connectivity index (χ1n) is 11.6. The van der Waals surface area contributed by atoms with Gasteiger partial charge in [0.05, 0.1) is 5.69 Å². The minimum Gasteiger partial charge on any atom is -0.320 e. The number of para-hydroxylation sites is 2. The van der Waals surface area contributed by atoms with E-state index in [4.69, 9.17) is 5.10 Å². The summed E-state index contributed by atoms with van der Waals surface area (Å²) in [6, 6.07) is 18.4. The number of hydrogen-bond acceptors (Lipinski definition) is 3. The van der Waals surface area contributed by atoms with Crippen molar-refractivity contribution in [2.24, 2.45) is 0 Å². The molecule has 0 spiro atoms. The lowest BCUT2D eigenvalue weighted by Gasteiger charge is -2.17. The second-order valence-electron chi connectivity index (χ2n) is 8.68. The molecular formula is C26H30N4O. The van der Waals surface area contributed by atoms with Gasteiger partial charge in [0.1, 0.15) is 0 Å². The van der Waals surface area contributed by atoms with Crippen LogP contribution in [-0.2, 0) is 19.4 Å². The highest BCUT2D eigenvalue weighted by atomic mass is 16.2. The van der Waals surface area contributed by atoms with E-state index in [-0.39, 0.29) is 5.91 Å². The second-order valence-corrected chi connectivity index (χ2v) is 8.68. The molecule has 0 radical (unpaired) electrons. The fourth-order valence-electron chi connectivity index (χ4n) is 4.88. The fraction of sp³-hybridized carbons (Fsp3) is 0.385. The van der Waals surface area contributed by atoms with Crippen LogP contribution < -0.4 is 5.32 Å². The molecule has 1 fully saturated rings. The number of anilines is 1. The van der Waals surface area contributed by atoms with Crippen molar-refractivity contribution in [3.63, 3.8) is 0 Å². The van der Waals surface area contributed by atoms with Crippen LogP contribution in [0.15, 0.2) is 54.6 Å². The zero-order valence-corrected chi connectivity index (χ0v) is 18.0. The lowest BCUT2D eigenvalue weighted by molar-refractivity contribution is 0.102. The Balaban J connectivity index is 1.46. The maximum absolute atomic E-state index is 13.4. The summed E-state index contributed by atoms with van der Waals surface area (Å²) in [5.74, 6) is -0.0956. The van der Waals surface area contributed by atoms with Gasteiger partial charge in [0.2, 0.25) is 0 Å². The van der Waals surface area contributed by atoms with Crippen LogP contribution in [0.5, 0.6) is 0 Å². The van der Waals surface area contributed by atoms with E-state index in [1.807, 2.05) is 35.0 Å². The Morgan fingerprint density at radius 2 is 1.61 bits per heavy atom. The number of carbonyl (C=O) groups is 1. The van der Waals surface area contributed by atoms with Crippen molar-refractivity contribution in [3.05, 3.63) is 77.1 Å². The van der Waals surface area contributed by atoms with E-state index < -0.39 is 0 Å². The van der Waals surface area contributed by atoms with E-state index in [0.29, 0.717) is 5.69 Å². The molecule has 1 aliphatic carbocycles. The average Bonchev–Trinajstić information content (AvgIpc) is 3.37. The topological polar surface area (TPSA) is 50.2 Å². The number of hydrogen-bond donors (Lipinski definition) is 1. The number of nitrogens with one attached hydrogen (secondary N) is 1. The molecule has 2 aromatic carbocycles. The van der Waals surface area contributed by atoms with Crippen molar-refractivity contribution in [3.8, 4) is 5.69 Å². The number of nitrogens with zero attached hydrogens (tertiary/aromatic N) is 3. The highest BCUT2D eigenvalue weighted by Crippen LogP contribution is 2.28. The van der Waals surface area contributed by atoms with Gasteiger partial charge in [0, 0.05) is 23.5 Å². The predicted molar refractivity (Wildman–Crippen MR) is 124 cm³/mol. The number of carbonyl (C=O) groups excluding carboxylic acids is 1. The van der Waals surface area contributed by atoms with Crippen molar-refractivity contribution in [1.82, 2.24) is 14.7 Å². The van der Waals surface area contributed by atoms with Crippen LogP contribution >= 0.6 is 0 Å². The molecule has 1 amide bonds. The summed E-state index contributed by atoms with van der Waals surface area (Å²) < 4.78 is 1.99. The SMILES string of the molecule is O=C(Nc1ccccc1CN1CCCC1)c1nn(-c2ccccc2)c2c1CCCCC2. The standard InChI is InChI=1S/C26H30N4O/c31-26(27-23-15-8-7-11-20(23)19-29-17-9-10-18-29)25-22-14-5-2-6-16-24(22)30(28-25)21-12-3-1-4-13-21/h1,3-4,7-8,11-13,15H,2,5-6,9-10,14,16-19H2,(H,27,31). The molecule has 1 saturated heterocycles. The molecule has 5 heteroatoms. The normalized spacial score (nSPS) is 16.6. The van der Waals surface area contributed by atoms with E-state index in [1.165, 1.54) is 30.5 Å². The van der Waals surface area contributed by atoms with Crippen LogP contribution in [0.3, 0.4) is 0 Å². The molecule has 160 valence electrons. The molecule has 1 aliphatic heterocycles. The Morgan fingerprint density at radius 1 is 0.871 bits per heavy atom. The molecule has 5 rings (SSSR count). The Bertz CT molecular complexity index is 1050. The summed E-state index contributed by atoms with van der Waals surface area (Å²) in [7, 11) is 0. The molecule has 1 N–H and O–H groups in total. The minimum absolute atomic E-state index is 0.0956. The second kappa shape index (κ2) is 9.06. The first kappa shape index (κ1) is 20.0. The number of rotatable bonds is 5. The molecule has 0 atom stereocenters. The molecule has 0 bridgehead atoms. The maximum atomic E-state index is 13.4. The van der Waals surface area contributed by atoms with Crippen LogP contribution in [0.1, 0.15) is 59.4 Å². The minimum atomic E-state index is -0.0956. The van der Waals surface area contributed by atoms with Gasteiger partial charge in [-0.25, -0.2) is 4.68 Å². The molecular weight excluding hydrogens is 384 g/mol. The third-order valence-electron chi connectivity index (χ3n) is 6.50. The largest absolute Gasteiger partial charge is 0.320 e. The van der Waals surface area contributed by atoms with E-state index in [0.717, 1.165) is 62.3 Å². The van der Waals surface area contributed by atoms with Crippen LogP contribution in [-0.4, -0.2) is 33.7 Å². The lowest BCUT2D eigenvalue weighted by Crippen LogP contribution is -2.21. The highest BCUT2D eigenvalue weighted by molar-refractivity contribution is 6.04. The quantitative estimate of drug-likeness (QED) is 0.599. The average molecular weight is 415 g/mol. The van der Waals surface area contributed by atoms with Gasteiger partial charge in [-0.3, -0.25) is 9.69 Å². The van der Waals surface area contributed by atoms with Crippen molar-refractivity contribution >= 4 is 11.6 Å². The predicted octanol–water partition coefficient (Wildman–Crippen LogP) is 4.99. The van der Waals surface area contributed by atoms with Crippen LogP contribution in [0, 0.1) is 0 Å². The Labute approximate surface area is 184 Å². The fourth-order valence-corrected chi connectivity index (χ4v) is 4.88. The molecule has 1 aromatic heterocycles. The number of aromatic nitrogens is 2. The van der Waals surface area contributed by atoms with Gasteiger partial charge < -0.3 is 5.32 Å². The van der Waals surface area contributed by atoms with Gasteiger partial charge in [0.25, 0.3) is 5.91 Å². The van der Waals surface area contributed by atoms with Gasteiger partial charge in [0.15, 0.2) is 5.69 Å². The zero-order valence-electron chi connectivity index (χ0n) is 18.0. The highest BCUT2D eigenvalue weighted by Gasteiger charge is 2.25. The van der Waals surface area contributed by atoms with Gasteiger partial charge in [-0.1, -0.05) is 42.8 Å². The summed E-state index contributed by atoms with van der Waals surface area (Å²) in [4.78, 5) is 15.9. The van der Waals surface area contributed by atoms with E-state index >= 15 is 0 Å². The first-order valence-corrected chi connectivity index (χ1v) is 11.6. The summed E-state index contributed by atoms with van der Waals surface area (Å²) in [5, 5.41) is 8.02. The summed E-state index contributed by atoms with van der Waals surface area (Å²) in [6.07, 6.45) is 7.86.